The molecule has 0 spiro atoms. The van der Waals surface area contributed by atoms with Gasteiger partial charge in [-0.05, 0) is 48.1 Å². The van der Waals surface area contributed by atoms with E-state index in [-0.39, 0.29) is 17.9 Å². The molecule has 0 fully saturated rings. The molecule has 1 unspecified atom stereocenters. The lowest BCUT2D eigenvalue weighted by Crippen LogP contribution is -2.37. The zero-order chi connectivity index (χ0) is 17.6. The molecule has 0 bridgehead atoms. The highest BCUT2D eigenvalue weighted by atomic mass is 19.1. The summed E-state index contributed by atoms with van der Waals surface area (Å²) in [5, 5.41) is 5.84. The van der Waals surface area contributed by atoms with Crippen molar-refractivity contribution in [2.75, 3.05) is 6.61 Å². The number of nitrogens with one attached hydrogen (secondary N) is 2. The highest BCUT2D eigenvalue weighted by Crippen LogP contribution is 2.32. The van der Waals surface area contributed by atoms with Gasteiger partial charge in [-0.3, -0.25) is 0 Å². The zero-order valence-electron chi connectivity index (χ0n) is 14.3. The molecule has 3 rings (SSSR count). The van der Waals surface area contributed by atoms with Gasteiger partial charge in [0, 0.05) is 13.2 Å². The van der Waals surface area contributed by atoms with Gasteiger partial charge in [0.25, 0.3) is 0 Å². The molecule has 0 aliphatic heterocycles. The Morgan fingerprint density at radius 3 is 2.80 bits per heavy atom. The molecule has 0 aromatic heterocycles. The van der Waals surface area contributed by atoms with Gasteiger partial charge in [-0.25, -0.2) is 9.18 Å². The lowest BCUT2D eigenvalue weighted by atomic mass is 10.1. The predicted octanol–water partition coefficient (Wildman–Crippen LogP) is 3.85. The highest BCUT2D eigenvalue weighted by Gasteiger charge is 2.25. The van der Waals surface area contributed by atoms with Crippen molar-refractivity contribution in [2.45, 2.75) is 39.0 Å². The number of urea groups is 1. The van der Waals surface area contributed by atoms with Gasteiger partial charge in [0.05, 0.1) is 12.6 Å². The van der Waals surface area contributed by atoms with Crippen LogP contribution in [0, 0.1) is 5.82 Å². The normalized spacial score (nSPS) is 15.7. The molecule has 2 aromatic carbocycles. The van der Waals surface area contributed by atoms with Crippen molar-refractivity contribution in [1.82, 2.24) is 10.6 Å². The molecule has 1 aliphatic carbocycles. The molecule has 1 atom stereocenters. The second kappa shape index (κ2) is 8.12. The van der Waals surface area contributed by atoms with Crippen molar-refractivity contribution >= 4 is 6.03 Å². The maximum absolute atomic E-state index is 13.8. The summed E-state index contributed by atoms with van der Waals surface area (Å²) >= 11 is 0. The van der Waals surface area contributed by atoms with Gasteiger partial charge in [-0.1, -0.05) is 36.4 Å². The van der Waals surface area contributed by atoms with E-state index in [4.69, 9.17) is 4.74 Å². The average Bonchev–Trinajstić information content (AvgIpc) is 3.03. The molecule has 2 amide bonds. The maximum Gasteiger partial charge on any atom is 0.315 e. The van der Waals surface area contributed by atoms with E-state index in [9.17, 15) is 9.18 Å². The molecule has 4 nitrogen and oxygen atoms in total. The van der Waals surface area contributed by atoms with Gasteiger partial charge in [0.2, 0.25) is 0 Å². The first-order chi connectivity index (χ1) is 12.2. The third-order valence-electron chi connectivity index (χ3n) is 4.54. The SMILES string of the molecule is CCOCc1ccccc1CNC(=O)NC1CCc2c(F)cccc21. The summed E-state index contributed by atoms with van der Waals surface area (Å²) in [7, 11) is 0. The van der Waals surface area contributed by atoms with Gasteiger partial charge >= 0.3 is 6.03 Å². The topological polar surface area (TPSA) is 50.4 Å². The van der Waals surface area contributed by atoms with Crippen molar-refractivity contribution in [3.63, 3.8) is 0 Å². The highest BCUT2D eigenvalue weighted by molar-refractivity contribution is 5.74. The largest absolute Gasteiger partial charge is 0.377 e. The van der Waals surface area contributed by atoms with E-state index < -0.39 is 0 Å². The number of hydrogen-bond acceptors (Lipinski definition) is 2. The van der Waals surface area contributed by atoms with E-state index >= 15 is 0 Å². The average molecular weight is 342 g/mol. The Labute approximate surface area is 147 Å². The van der Waals surface area contributed by atoms with Crippen LogP contribution in [0.25, 0.3) is 0 Å². The van der Waals surface area contributed by atoms with Crippen LogP contribution in [-0.2, 0) is 24.3 Å². The third-order valence-corrected chi connectivity index (χ3v) is 4.54. The summed E-state index contributed by atoms with van der Waals surface area (Å²) in [6.45, 7) is 3.57. The van der Waals surface area contributed by atoms with Crippen LogP contribution in [0.15, 0.2) is 42.5 Å². The number of amides is 2. The first-order valence-corrected chi connectivity index (χ1v) is 8.65. The number of rotatable bonds is 6. The first kappa shape index (κ1) is 17.4. The molecular formula is C20H23FN2O2. The van der Waals surface area contributed by atoms with E-state index in [1.807, 2.05) is 37.3 Å². The number of benzene rings is 2. The van der Waals surface area contributed by atoms with Gasteiger partial charge in [0.1, 0.15) is 5.82 Å². The summed E-state index contributed by atoms with van der Waals surface area (Å²) in [5.41, 5.74) is 3.70. The van der Waals surface area contributed by atoms with Crippen molar-refractivity contribution in [3.8, 4) is 0 Å². The van der Waals surface area contributed by atoms with Crippen LogP contribution < -0.4 is 10.6 Å². The quantitative estimate of drug-likeness (QED) is 0.838. The fraction of sp³-hybridized carbons (Fsp3) is 0.350. The standard InChI is InChI=1S/C20H23FN2O2/c1-2-25-13-15-7-4-3-6-14(15)12-22-20(24)23-19-11-10-16-17(19)8-5-9-18(16)21/h3-9,19H,2,10-13H2,1H3,(H2,22,23,24). The molecule has 1 aliphatic rings. The summed E-state index contributed by atoms with van der Waals surface area (Å²) < 4.78 is 19.2. The van der Waals surface area contributed by atoms with Crippen LogP contribution in [0.1, 0.15) is 41.6 Å². The predicted molar refractivity (Wildman–Crippen MR) is 94.6 cm³/mol. The minimum atomic E-state index is -0.242. The molecular weight excluding hydrogens is 319 g/mol. The Hall–Kier alpha value is -2.40. The fourth-order valence-corrected chi connectivity index (χ4v) is 3.23. The van der Waals surface area contributed by atoms with Crippen LogP contribution >= 0.6 is 0 Å². The van der Waals surface area contributed by atoms with Crippen molar-refractivity contribution in [1.29, 1.82) is 0 Å². The molecule has 0 radical (unpaired) electrons. The Kier molecular flexibility index (Phi) is 5.66. The molecule has 0 heterocycles. The Bertz CT molecular complexity index is 748. The number of ether oxygens (including phenoxy) is 1. The minimum Gasteiger partial charge on any atom is -0.377 e. The zero-order valence-corrected chi connectivity index (χ0v) is 14.3. The summed E-state index contributed by atoms with van der Waals surface area (Å²) in [6.07, 6.45) is 1.38. The number of fused-ring (bicyclic) bond motifs is 1. The molecule has 0 saturated carbocycles. The summed E-state index contributed by atoms with van der Waals surface area (Å²) in [6, 6.07) is 12.6. The molecule has 2 N–H and O–H groups in total. The second-order valence-electron chi connectivity index (χ2n) is 6.13. The number of hydrogen-bond donors (Lipinski definition) is 2. The smallest absolute Gasteiger partial charge is 0.315 e. The van der Waals surface area contributed by atoms with E-state index in [0.29, 0.717) is 26.2 Å². The molecule has 132 valence electrons. The van der Waals surface area contributed by atoms with Gasteiger partial charge < -0.3 is 15.4 Å². The van der Waals surface area contributed by atoms with E-state index in [1.165, 1.54) is 6.07 Å². The fourth-order valence-electron chi connectivity index (χ4n) is 3.23. The molecule has 2 aromatic rings. The van der Waals surface area contributed by atoms with E-state index in [0.717, 1.165) is 28.7 Å². The van der Waals surface area contributed by atoms with Gasteiger partial charge in [-0.2, -0.15) is 0 Å². The second-order valence-corrected chi connectivity index (χ2v) is 6.13. The van der Waals surface area contributed by atoms with Crippen molar-refractivity contribution in [2.24, 2.45) is 0 Å². The Morgan fingerprint density at radius 2 is 2.00 bits per heavy atom. The molecule has 25 heavy (non-hydrogen) atoms. The van der Waals surface area contributed by atoms with Gasteiger partial charge in [-0.15, -0.1) is 0 Å². The van der Waals surface area contributed by atoms with Crippen LogP contribution in [0.3, 0.4) is 0 Å². The third kappa shape index (κ3) is 4.17. The summed E-state index contributed by atoms with van der Waals surface area (Å²) in [4.78, 5) is 12.2. The minimum absolute atomic E-state index is 0.135. The van der Waals surface area contributed by atoms with Crippen LogP contribution in [0.4, 0.5) is 9.18 Å². The lowest BCUT2D eigenvalue weighted by molar-refractivity contribution is 0.133. The van der Waals surface area contributed by atoms with Crippen molar-refractivity contribution in [3.05, 3.63) is 70.5 Å². The molecule has 5 heteroatoms. The Balaban J connectivity index is 1.57. The van der Waals surface area contributed by atoms with Gasteiger partial charge in [0.15, 0.2) is 0 Å². The first-order valence-electron chi connectivity index (χ1n) is 8.65. The Morgan fingerprint density at radius 1 is 1.20 bits per heavy atom. The van der Waals surface area contributed by atoms with Crippen LogP contribution in [-0.4, -0.2) is 12.6 Å². The summed E-state index contributed by atoms with van der Waals surface area (Å²) in [5.74, 6) is -0.188. The van der Waals surface area contributed by atoms with Crippen molar-refractivity contribution < 1.29 is 13.9 Å². The molecule has 0 saturated heterocycles. The van der Waals surface area contributed by atoms with E-state index in [2.05, 4.69) is 10.6 Å². The monoisotopic (exact) mass is 342 g/mol. The number of halogens is 1. The van der Waals surface area contributed by atoms with Crippen LogP contribution in [0.5, 0.6) is 0 Å². The lowest BCUT2D eigenvalue weighted by Gasteiger charge is -2.16. The number of carbonyl (C=O) groups excluding carboxylic acids is 1. The number of carbonyl (C=O) groups is 1. The van der Waals surface area contributed by atoms with Crippen LogP contribution in [0.2, 0.25) is 0 Å². The maximum atomic E-state index is 13.8. The van der Waals surface area contributed by atoms with E-state index in [1.54, 1.807) is 6.07 Å².